The number of nitrogens with zero attached hydrogens (tertiary/aromatic N) is 3. The molecule has 4 nitrogen and oxygen atoms in total. The normalized spacial score (nSPS) is 18.2. The summed E-state index contributed by atoms with van der Waals surface area (Å²) in [6.45, 7) is 4.61. The maximum absolute atomic E-state index is 6.33. The average molecular weight is 255 g/mol. The first-order chi connectivity index (χ1) is 8.22. The molecule has 0 unspecified atom stereocenters. The lowest BCUT2D eigenvalue weighted by Gasteiger charge is -2.23. The summed E-state index contributed by atoms with van der Waals surface area (Å²) in [6, 6.07) is 1.88. The molecule has 17 heavy (non-hydrogen) atoms. The van der Waals surface area contributed by atoms with Crippen molar-refractivity contribution in [2.75, 3.05) is 38.1 Å². The summed E-state index contributed by atoms with van der Waals surface area (Å²) in [5.41, 5.74) is 6.63. The molecule has 0 amide bonds. The zero-order valence-electron chi connectivity index (χ0n) is 10.2. The molecule has 2 rings (SSSR count). The molecular formula is C12H19ClN4. The van der Waals surface area contributed by atoms with Gasteiger partial charge in [-0.2, -0.15) is 0 Å². The standard InChI is InChI=1S/C12H19ClN4/c1-16-5-2-6-17(8-7-16)12-11(13)10(9-14)3-4-15-12/h3-4H,2,5-9,14H2,1H3. The van der Waals surface area contributed by atoms with E-state index in [1.54, 1.807) is 6.20 Å². The van der Waals surface area contributed by atoms with E-state index >= 15 is 0 Å². The number of anilines is 1. The van der Waals surface area contributed by atoms with Gasteiger partial charge in [0.2, 0.25) is 0 Å². The fourth-order valence-corrected chi connectivity index (χ4v) is 2.42. The molecule has 94 valence electrons. The van der Waals surface area contributed by atoms with E-state index in [0.717, 1.165) is 44.0 Å². The molecule has 1 aromatic heterocycles. The van der Waals surface area contributed by atoms with Crippen LogP contribution in [0.2, 0.25) is 5.02 Å². The summed E-state index contributed by atoms with van der Waals surface area (Å²) in [6.07, 6.45) is 2.93. The van der Waals surface area contributed by atoms with Crippen molar-refractivity contribution in [3.05, 3.63) is 22.8 Å². The van der Waals surface area contributed by atoms with Crippen LogP contribution in [0.4, 0.5) is 5.82 Å². The van der Waals surface area contributed by atoms with Gasteiger partial charge in [0.05, 0.1) is 5.02 Å². The second-order valence-corrected chi connectivity index (χ2v) is 4.83. The monoisotopic (exact) mass is 254 g/mol. The maximum atomic E-state index is 6.33. The van der Waals surface area contributed by atoms with Crippen LogP contribution in [0.25, 0.3) is 0 Å². The van der Waals surface area contributed by atoms with Gasteiger partial charge in [0.15, 0.2) is 0 Å². The van der Waals surface area contributed by atoms with E-state index in [4.69, 9.17) is 17.3 Å². The van der Waals surface area contributed by atoms with Gasteiger partial charge < -0.3 is 15.5 Å². The van der Waals surface area contributed by atoms with Crippen LogP contribution < -0.4 is 10.6 Å². The summed E-state index contributed by atoms with van der Waals surface area (Å²) in [5, 5.41) is 0.708. The van der Waals surface area contributed by atoms with Crippen molar-refractivity contribution in [1.82, 2.24) is 9.88 Å². The van der Waals surface area contributed by atoms with Crippen LogP contribution in [-0.2, 0) is 6.54 Å². The third-order valence-corrected chi connectivity index (χ3v) is 3.60. The molecule has 0 bridgehead atoms. The lowest BCUT2D eigenvalue weighted by atomic mass is 10.2. The fraction of sp³-hybridized carbons (Fsp3) is 0.583. The number of pyridine rings is 1. The molecule has 0 radical (unpaired) electrons. The number of aromatic nitrogens is 1. The number of hydrogen-bond donors (Lipinski definition) is 1. The van der Waals surface area contributed by atoms with Crippen LogP contribution in [0.1, 0.15) is 12.0 Å². The molecule has 0 aliphatic carbocycles. The number of likely N-dealkylation sites (N-methyl/N-ethyl adjacent to an activating group) is 1. The molecule has 0 atom stereocenters. The average Bonchev–Trinajstić information content (AvgIpc) is 2.54. The van der Waals surface area contributed by atoms with Crippen molar-refractivity contribution in [2.45, 2.75) is 13.0 Å². The number of nitrogens with two attached hydrogens (primary N) is 1. The Morgan fingerprint density at radius 3 is 2.94 bits per heavy atom. The summed E-state index contributed by atoms with van der Waals surface area (Å²) in [7, 11) is 2.15. The molecule has 1 fully saturated rings. The van der Waals surface area contributed by atoms with Crippen LogP contribution in [0.5, 0.6) is 0 Å². The third-order valence-electron chi connectivity index (χ3n) is 3.19. The van der Waals surface area contributed by atoms with Gasteiger partial charge in [0.25, 0.3) is 0 Å². The summed E-state index contributed by atoms with van der Waals surface area (Å²) in [5.74, 6) is 0.880. The van der Waals surface area contributed by atoms with Crippen LogP contribution >= 0.6 is 11.6 Å². The Morgan fingerprint density at radius 2 is 2.18 bits per heavy atom. The molecular weight excluding hydrogens is 236 g/mol. The highest BCUT2D eigenvalue weighted by Gasteiger charge is 2.17. The van der Waals surface area contributed by atoms with Crippen LogP contribution in [-0.4, -0.2) is 43.1 Å². The molecule has 0 saturated carbocycles. The summed E-state index contributed by atoms with van der Waals surface area (Å²) >= 11 is 6.33. The minimum atomic E-state index is 0.460. The molecule has 2 heterocycles. The maximum Gasteiger partial charge on any atom is 0.147 e. The van der Waals surface area contributed by atoms with E-state index in [-0.39, 0.29) is 0 Å². The third kappa shape index (κ3) is 2.89. The van der Waals surface area contributed by atoms with Crippen molar-refractivity contribution in [3.63, 3.8) is 0 Å². The summed E-state index contributed by atoms with van der Waals surface area (Å²) in [4.78, 5) is 8.99. The van der Waals surface area contributed by atoms with Crippen molar-refractivity contribution >= 4 is 17.4 Å². The van der Waals surface area contributed by atoms with E-state index in [9.17, 15) is 0 Å². The predicted octanol–water partition coefficient (Wildman–Crippen LogP) is 1.34. The number of rotatable bonds is 2. The first kappa shape index (κ1) is 12.6. The highest BCUT2D eigenvalue weighted by atomic mass is 35.5. The van der Waals surface area contributed by atoms with Gasteiger partial charge in [-0.1, -0.05) is 11.6 Å². The lowest BCUT2D eigenvalue weighted by molar-refractivity contribution is 0.360. The second-order valence-electron chi connectivity index (χ2n) is 4.46. The van der Waals surface area contributed by atoms with Gasteiger partial charge in [-0.05, 0) is 31.6 Å². The van der Waals surface area contributed by atoms with Gasteiger partial charge in [0, 0.05) is 32.4 Å². The Bertz CT molecular complexity index is 383. The highest BCUT2D eigenvalue weighted by Crippen LogP contribution is 2.27. The molecule has 1 saturated heterocycles. The zero-order chi connectivity index (χ0) is 12.3. The molecule has 0 aromatic carbocycles. The minimum Gasteiger partial charge on any atom is -0.354 e. The highest BCUT2D eigenvalue weighted by molar-refractivity contribution is 6.33. The van der Waals surface area contributed by atoms with Gasteiger partial charge in [-0.25, -0.2) is 4.98 Å². The first-order valence-corrected chi connectivity index (χ1v) is 6.37. The summed E-state index contributed by atoms with van der Waals surface area (Å²) < 4.78 is 0. The predicted molar refractivity (Wildman–Crippen MR) is 71.5 cm³/mol. The Morgan fingerprint density at radius 1 is 1.35 bits per heavy atom. The van der Waals surface area contributed by atoms with E-state index < -0.39 is 0 Å². The Kier molecular flexibility index (Phi) is 4.20. The smallest absolute Gasteiger partial charge is 0.147 e. The quantitative estimate of drug-likeness (QED) is 0.865. The van der Waals surface area contributed by atoms with Gasteiger partial charge in [-0.3, -0.25) is 0 Å². The molecule has 1 aromatic rings. The lowest BCUT2D eigenvalue weighted by Crippen LogP contribution is -2.29. The van der Waals surface area contributed by atoms with Crippen molar-refractivity contribution in [3.8, 4) is 0 Å². The Balaban J connectivity index is 2.21. The van der Waals surface area contributed by atoms with Crippen LogP contribution in [0.15, 0.2) is 12.3 Å². The van der Waals surface area contributed by atoms with E-state index in [2.05, 4.69) is 21.8 Å². The molecule has 1 aliphatic heterocycles. The Hall–Kier alpha value is -0.840. The number of hydrogen-bond acceptors (Lipinski definition) is 4. The number of halogens is 1. The molecule has 2 N–H and O–H groups in total. The van der Waals surface area contributed by atoms with Crippen molar-refractivity contribution in [2.24, 2.45) is 5.73 Å². The fourth-order valence-electron chi connectivity index (χ4n) is 2.11. The van der Waals surface area contributed by atoms with Gasteiger partial charge >= 0.3 is 0 Å². The minimum absolute atomic E-state index is 0.460. The topological polar surface area (TPSA) is 45.4 Å². The largest absolute Gasteiger partial charge is 0.354 e. The Labute approximate surface area is 107 Å². The van der Waals surface area contributed by atoms with E-state index in [1.165, 1.54) is 0 Å². The van der Waals surface area contributed by atoms with Gasteiger partial charge in [-0.15, -0.1) is 0 Å². The van der Waals surface area contributed by atoms with Crippen LogP contribution in [0, 0.1) is 0 Å². The van der Waals surface area contributed by atoms with E-state index in [0.29, 0.717) is 11.6 Å². The first-order valence-electron chi connectivity index (χ1n) is 5.99. The molecule has 1 aliphatic rings. The van der Waals surface area contributed by atoms with Gasteiger partial charge in [0.1, 0.15) is 5.82 Å². The second kappa shape index (κ2) is 5.67. The van der Waals surface area contributed by atoms with E-state index in [1.807, 2.05) is 6.07 Å². The SMILES string of the molecule is CN1CCCN(c2nccc(CN)c2Cl)CC1. The molecule has 5 heteroatoms. The van der Waals surface area contributed by atoms with Crippen molar-refractivity contribution < 1.29 is 0 Å². The van der Waals surface area contributed by atoms with Crippen molar-refractivity contribution in [1.29, 1.82) is 0 Å². The zero-order valence-corrected chi connectivity index (χ0v) is 11.0. The van der Waals surface area contributed by atoms with Crippen LogP contribution in [0.3, 0.4) is 0 Å². The molecule has 0 spiro atoms.